The Hall–Kier alpha value is -3.82. The SMILES string of the molecule is COC(=O)c1ccc(OCC[C@@H]2CN(C(=O)OCc3ccccc3)CCN2C(=O)OC(C)(C)C)cn1. The van der Waals surface area contributed by atoms with E-state index in [0.29, 0.717) is 25.3 Å². The fourth-order valence-electron chi connectivity index (χ4n) is 3.64. The third kappa shape index (κ3) is 7.86. The molecule has 36 heavy (non-hydrogen) atoms. The molecule has 0 radical (unpaired) electrons. The molecule has 10 nitrogen and oxygen atoms in total. The number of esters is 1. The Kier molecular flexibility index (Phi) is 9.10. The lowest BCUT2D eigenvalue weighted by molar-refractivity contribution is -0.00615. The quantitative estimate of drug-likeness (QED) is 0.417. The number of aromatic nitrogens is 1. The number of nitrogens with zero attached hydrogens (tertiary/aromatic N) is 3. The number of hydrogen-bond acceptors (Lipinski definition) is 8. The van der Waals surface area contributed by atoms with E-state index in [1.54, 1.807) is 15.9 Å². The van der Waals surface area contributed by atoms with E-state index in [1.807, 2.05) is 51.1 Å². The fourth-order valence-corrected chi connectivity index (χ4v) is 3.64. The van der Waals surface area contributed by atoms with E-state index in [9.17, 15) is 14.4 Å². The Bertz CT molecular complexity index is 1020. The highest BCUT2D eigenvalue weighted by Gasteiger charge is 2.35. The summed E-state index contributed by atoms with van der Waals surface area (Å²) in [5.74, 6) is -0.0580. The van der Waals surface area contributed by atoms with E-state index >= 15 is 0 Å². The predicted molar refractivity (Wildman–Crippen MR) is 131 cm³/mol. The molecule has 1 saturated heterocycles. The molecule has 1 aliphatic rings. The summed E-state index contributed by atoms with van der Waals surface area (Å²) in [4.78, 5) is 44.4. The topological polar surface area (TPSA) is 108 Å². The number of pyridine rings is 1. The van der Waals surface area contributed by atoms with Crippen molar-refractivity contribution in [3.63, 3.8) is 0 Å². The molecule has 1 aliphatic heterocycles. The summed E-state index contributed by atoms with van der Waals surface area (Å²) < 4.78 is 21.5. The molecule has 3 rings (SSSR count). The van der Waals surface area contributed by atoms with Gasteiger partial charge >= 0.3 is 18.2 Å². The van der Waals surface area contributed by atoms with Crippen LogP contribution in [0.3, 0.4) is 0 Å². The first-order valence-electron chi connectivity index (χ1n) is 11.8. The number of amides is 2. The van der Waals surface area contributed by atoms with Crippen LogP contribution in [-0.4, -0.2) is 77.9 Å². The molecule has 0 unspecified atom stereocenters. The smallest absolute Gasteiger partial charge is 0.410 e. The maximum Gasteiger partial charge on any atom is 0.410 e. The highest BCUT2D eigenvalue weighted by atomic mass is 16.6. The van der Waals surface area contributed by atoms with Crippen LogP contribution >= 0.6 is 0 Å². The van der Waals surface area contributed by atoms with Crippen LogP contribution in [-0.2, 0) is 20.8 Å². The van der Waals surface area contributed by atoms with Crippen molar-refractivity contribution in [2.24, 2.45) is 0 Å². The van der Waals surface area contributed by atoms with Gasteiger partial charge in [0.1, 0.15) is 23.7 Å². The Morgan fingerprint density at radius 1 is 1.03 bits per heavy atom. The zero-order valence-corrected chi connectivity index (χ0v) is 21.1. The minimum atomic E-state index is -0.642. The first-order chi connectivity index (χ1) is 17.2. The van der Waals surface area contributed by atoms with E-state index in [4.69, 9.17) is 14.2 Å². The largest absolute Gasteiger partial charge is 0.492 e. The molecule has 10 heteroatoms. The molecule has 1 atom stereocenters. The number of carbonyl (C=O) groups is 3. The van der Waals surface area contributed by atoms with Crippen molar-refractivity contribution < 1.29 is 33.3 Å². The van der Waals surface area contributed by atoms with Crippen LogP contribution in [0.1, 0.15) is 43.2 Å². The molecule has 1 aromatic carbocycles. The highest BCUT2D eigenvalue weighted by Crippen LogP contribution is 2.20. The van der Waals surface area contributed by atoms with Gasteiger partial charge in [0.15, 0.2) is 0 Å². The zero-order valence-electron chi connectivity index (χ0n) is 21.1. The predicted octanol–water partition coefficient (Wildman–Crippen LogP) is 3.90. The van der Waals surface area contributed by atoms with E-state index in [1.165, 1.54) is 19.4 Å². The molecule has 194 valence electrons. The molecular weight excluding hydrogens is 466 g/mol. The Labute approximate surface area is 211 Å². The van der Waals surface area contributed by atoms with Crippen molar-refractivity contribution >= 4 is 18.2 Å². The van der Waals surface area contributed by atoms with Gasteiger partial charge in [0.05, 0.1) is 26.0 Å². The first-order valence-corrected chi connectivity index (χ1v) is 11.8. The van der Waals surface area contributed by atoms with Crippen molar-refractivity contribution in [1.82, 2.24) is 14.8 Å². The van der Waals surface area contributed by atoms with E-state index in [0.717, 1.165) is 5.56 Å². The van der Waals surface area contributed by atoms with Crippen LogP contribution in [0.25, 0.3) is 0 Å². The van der Waals surface area contributed by atoms with Gasteiger partial charge in [-0.15, -0.1) is 0 Å². The highest BCUT2D eigenvalue weighted by molar-refractivity contribution is 5.87. The fraction of sp³-hybridized carbons (Fsp3) is 0.462. The van der Waals surface area contributed by atoms with Crippen LogP contribution in [0.2, 0.25) is 0 Å². The Morgan fingerprint density at radius 2 is 1.78 bits per heavy atom. The minimum absolute atomic E-state index is 0.175. The molecular formula is C26H33N3O7. The number of ether oxygens (including phenoxy) is 4. The Morgan fingerprint density at radius 3 is 2.42 bits per heavy atom. The number of methoxy groups -OCH3 is 1. The number of piperazine rings is 1. The molecule has 1 aromatic heterocycles. The molecule has 0 saturated carbocycles. The van der Waals surface area contributed by atoms with Crippen LogP contribution in [0.15, 0.2) is 48.7 Å². The summed E-state index contributed by atoms with van der Waals surface area (Å²) in [6.07, 6.45) is 1.01. The van der Waals surface area contributed by atoms with E-state index in [-0.39, 0.29) is 31.5 Å². The summed E-state index contributed by atoms with van der Waals surface area (Å²) in [6.45, 7) is 6.81. The van der Waals surface area contributed by atoms with Gasteiger partial charge in [-0.05, 0) is 38.5 Å². The van der Waals surface area contributed by atoms with Gasteiger partial charge in [-0.3, -0.25) is 0 Å². The van der Waals surface area contributed by atoms with Crippen molar-refractivity contribution in [3.8, 4) is 5.75 Å². The number of rotatable bonds is 7. The van der Waals surface area contributed by atoms with Crippen LogP contribution < -0.4 is 4.74 Å². The van der Waals surface area contributed by atoms with Crippen molar-refractivity contribution in [2.45, 2.75) is 45.4 Å². The molecule has 0 spiro atoms. The van der Waals surface area contributed by atoms with Crippen LogP contribution in [0.5, 0.6) is 5.75 Å². The summed E-state index contributed by atoms with van der Waals surface area (Å²) in [6, 6.07) is 12.3. The van der Waals surface area contributed by atoms with Crippen molar-refractivity contribution in [2.75, 3.05) is 33.4 Å². The summed E-state index contributed by atoms with van der Waals surface area (Å²) in [5.41, 5.74) is 0.435. The molecule has 2 amide bonds. The molecule has 1 fully saturated rings. The standard InChI is InChI=1S/C26H33N3O7/c1-26(2,3)36-25(32)29-14-13-28(24(31)35-18-19-8-6-5-7-9-19)17-20(29)12-15-34-21-10-11-22(27-16-21)23(30)33-4/h5-11,16,20H,12-15,17-18H2,1-4H3/t20-/m1/s1. The summed E-state index contributed by atoms with van der Waals surface area (Å²) in [5, 5.41) is 0. The average Bonchev–Trinajstić information content (AvgIpc) is 2.86. The van der Waals surface area contributed by atoms with Gasteiger partial charge in [0.2, 0.25) is 0 Å². The lowest BCUT2D eigenvalue weighted by Gasteiger charge is -2.41. The summed E-state index contributed by atoms with van der Waals surface area (Å²) >= 11 is 0. The summed E-state index contributed by atoms with van der Waals surface area (Å²) in [7, 11) is 1.29. The molecule has 0 N–H and O–H groups in total. The molecule has 0 aliphatic carbocycles. The minimum Gasteiger partial charge on any atom is -0.492 e. The third-order valence-electron chi connectivity index (χ3n) is 5.42. The lowest BCUT2D eigenvalue weighted by atomic mass is 10.1. The second-order valence-electron chi connectivity index (χ2n) is 9.32. The van der Waals surface area contributed by atoms with E-state index in [2.05, 4.69) is 9.72 Å². The van der Waals surface area contributed by atoms with Crippen molar-refractivity contribution in [1.29, 1.82) is 0 Å². The van der Waals surface area contributed by atoms with Gasteiger partial charge < -0.3 is 28.7 Å². The van der Waals surface area contributed by atoms with Crippen LogP contribution in [0, 0.1) is 0 Å². The second kappa shape index (κ2) is 12.2. The van der Waals surface area contributed by atoms with E-state index < -0.39 is 23.8 Å². The van der Waals surface area contributed by atoms with Gasteiger partial charge in [-0.1, -0.05) is 30.3 Å². The lowest BCUT2D eigenvalue weighted by Crippen LogP contribution is -2.57. The van der Waals surface area contributed by atoms with Gasteiger partial charge in [-0.25, -0.2) is 19.4 Å². The Balaban J connectivity index is 1.61. The monoisotopic (exact) mass is 499 g/mol. The zero-order chi connectivity index (χ0) is 26.1. The average molecular weight is 500 g/mol. The maximum absolute atomic E-state index is 12.8. The van der Waals surface area contributed by atoms with Crippen molar-refractivity contribution in [3.05, 3.63) is 59.9 Å². The molecule has 2 aromatic rings. The second-order valence-corrected chi connectivity index (χ2v) is 9.32. The normalized spacial score (nSPS) is 15.7. The van der Waals surface area contributed by atoms with Crippen LogP contribution in [0.4, 0.5) is 9.59 Å². The molecule has 2 heterocycles. The van der Waals surface area contributed by atoms with Gasteiger partial charge in [0.25, 0.3) is 0 Å². The number of benzene rings is 1. The number of carbonyl (C=O) groups excluding carboxylic acids is 3. The number of hydrogen-bond donors (Lipinski definition) is 0. The molecule has 0 bridgehead atoms. The van der Waals surface area contributed by atoms with Gasteiger partial charge in [0, 0.05) is 26.1 Å². The third-order valence-corrected chi connectivity index (χ3v) is 5.42. The maximum atomic E-state index is 12.8. The first kappa shape index (κ1) is 26.8. The van der Waals surface area contributed by atoms with Gasteiger partial charge in [-0.2, -0.15) is 0 Å².